The molecule has 0 unspecified atom stereocenters. The van der Waals surface area contributed by atoms with E-state index in [1.807, 2.05) is 0 Å². The quantitative estimate of drug-likeness (QED) is 0.197. The number of benzene rings is 4. The zero-order valence-electron chi connectivity index (χ0n) is 21.0. The Kier molecular flexibility index (Phi) is 7.71. The molecule has 7 nitrogen and oxygen atoms in total. The number of rotatable bonds is 7. The second kappa shape index (κ2) is 11.4. The van der Waals surface area contributed by atoms with Crippen LogP contribution < -0.4 is 10.3 Å². The van der Waals surface area contributed by atoms with Gasteiger partial charge in [-0.3, -0.25) is 4.79 Å². The summed E-state index contributed by atoms with van der Waals surface area (Å²) in [6, 6.07) is 22.4. The monoisotopic (exact) mass is 621 g/mol. The maximum absolute atomic E-state index is 13.5. The molecule has 0 aliphatic rings. The molecule has 1 N–H and O–H groups in total. The molecule has 0 aliphatic carbocycles. The summed E-state index contributed by atoms with van der Waals surface area (Å²) >= 11 is 3.40. The van der Waals surface area contributed by atoms with Crippen molar-refractivity contribution in [3.8, 4) is 17.1 Å². The normalized spacial score (nSPS) is 11.7. The van der Waals surface area contributed by atoms with Gasteiger partial charge in [-0.2, -0.15) is 22.9 Å². The maximum Gasteiger partial charge on any atom is 0.416 e. The van der Waals surface area contributed by atoms with E-state index in [4.69, 9.17) is 9.84 Å². The van der Waals surface area contributed by atoms with Gasteiger partial charge in [0.1, 0.15) is 12.4 Å². The van der Waals surface area contributed by atoms with E-state index in [1.165, 1.54) is 30.5 Å². The predicted octanol–water partition coefficient (Wildman–Crippen LogP) is 7.00. The maximum atomic E-state index is 13.5. The molecule has 1 aromatic heterocycles. The molecule has 0 saturated heterocycles. The SMILES string of the molecule is O=C(O)c1ccc(COc2ccc(Br)cc2C=Nn2c(-c3cccc(C(F)(F)F)c3)nc3ccccc3c2=O)cc1. The average Bonchev–Trinajstić information content (AvgIpc) is 2.96. The Hall–Kier alpha value is -4.77. The van der Waals surface area contributed by atoms with Crippen molar-refractivity contribution in [1.29, 1.82) is 0 Å². The number of fused-ring (bicyclic) bond motifs is 1. The first-order valence-electron chi connectivity index (χ1n) is 12.1. The standard InChI is InChI=1S/C30H19BrF3N3O4/c31-23-12-13-26(41-17-18-8-10-19(11-9-18)29(39)40)21(15-23)16-35-37-27(20-4-3-5-22(14-20)30(32,33)34)36-25-7-2-1-6-24(25)28(37)38/h1-16H,17H2,(H,39,40). The van der Waals surface area contributed by atoms with Crippen LogP contribution in [0.4, 0.5) is 13.2 Å². The van der Waals surface area contributed by atoms with Crippen LogP contribution in [0.2, 0.25) is 0 Å². The summed E-state index contributed by atoms with van der Waals surface area (Å²) in [5.41, 5.74) is 0.282. The van der Waals surface area contributed by atoms with E-state index in [1.54, 1.807) is 54.6 Å². The predicted molar refractivity (Wildman–Crippen MR) is 151 cm³/mol. The van der Waals surface area contributed by atoms with E-state index < -0.39 is 23.3 Å². The van der Waals surface area contributed by atoms with Crippen LogP contribution in [0.25, 0.3) is 22.3 Å². The summed E-state index contributed by atoms with van der Waals surface area (Å²) in [4.78, 5) is 29.0. The lowest BCUT2D eigenvalue weighted by atomic mass is 10.1. The van der Waals surface area contributed by atoms with Crippen molar-refractivity contribution < 1.29 is 27.8 Å². The van der Waals surface area contributed by atoms with Crippen molar-refractivity contribution in [2.75, 3.05) is 0 Å². The summed E-state index contributed by atoms with van der Waals surface area (Å²) in [6.45, 7) is 0.120. The topological polar surface area (TPSA) is 93.8 Å². The molecule has 41 heavy (non-hydrogen) atoms. The lowest BCUT2D eigenvalue weighted by Gasteiger charge is -2.13. The minimum Gasteiger partial charge on any atom is -0.488 e. The number of hydrogen-bond donors (Lipinski definition) is 1. The van der Waals surface area contributed by atoms with Crippen molar-refractivity contribution in [2.45, 2.75) is 12.8 Å². The first-order chi connectivity index (χ1) is 19.6. The van der Waals surface area contributed by atoms with Crippen LogP contribution in [0.15, 0.2) is 105 Å². The molecular formula is C30H19BrF3N3O4. The number of hydrogen-bond acceptors (Lipinski definition) is 5. The first kappa shape index (κ1) is 27.8. The van der Waals surface area contributed by atoms with Crippen molar-refractivity contribution in [3.05, 3.63) is 128 Å². The van der Waals surface area contributed by atoms with Gasteiger partial charge in [0.15, 0.2) is 5.82 Å². The van der Waals surface area contributed by atoms with E-state index >= 15 is 0 Å². The van der Waals surface area contributed by atoms with Gasteiger partial charge in [0, 0.05) is 15.6 Å². The van der Waals surface area contributed by atoms with Crippen LogP contribution in [0.3, 0.4) is 0 Å². The number of halogens is 4. The molecule has 206 valence electrons. The molecule has 11 heteroatoms. The number of aromatic nitrogens is 2. The summed E-state index contributed by atoms with van der Waals surface area (Å²) in [5.74, 6) is -0.694. The Bertz CT molecular complexity index is 1850. The Labute approximate surface area is 239 Å². The summed E-state index contributed by atoms with van der Waals surface area (Å²) in [6.07, 6.45) is -3.22. The van der Waals surface area contributed by atoms with Crippen LogP contribution in [-0.2, 0) is 12.8 Å². The molecule has 0 radical (unpaired) electrons. The highest BCUT2D eigenvalue weighted by Gasteiger charge is 2.31. The fourth-order valence-electron chi connectivity index (χ4n) is 4.03. The Morgan fingerprint density at radius 1 is 1.00 bits per heavy atom. The number of ether oxygens (including phenoxy) is 1. The molecule has 0 saturated carbocycles. The first-order valence-corrected chi connectivity index (χ1v) is 12.9. The number of alkyl halides is 3. The van der Waals surface area contributed by atoms with Crippen molar-refractivity contribution in [1.82, 2.24) is 9.66 Å². The highest BCUT2D eigenvalue weighted by atomic mass is 79.9. The van der Waals surface area contributed by atoms with Crippen LogP contribution in [0, 0.1) is 0 Å². The highest BCUT2D eigenvalue weighted by molar-refractivity contribution is 9.10. The largest absolute Gasteiger partial charge is 0.488 e. The molecule has 4 aromatic carbocycles. The minimum absolute atomic E-state index is 0.0629. The van der Waals surface area contributed by atoms with Crippen molar-refractivity contribution in [3.63, 3.8) is 0 Å². The minimum atomic E-state index is -4.59. The number of carboxylic acid groups (broad SMARTS) is 1. The summed E-state index contributed by atoms with van der Waals surface area (Å²) in [7, 11) is 0. The number of para-hydroxylation sites is 1. The summed E-state index contributed by atoms with van der Waals surface area (Å²) < 4.78 is 48.0. The van der Waals surface area contributed by atoms with Gasteiger partial charge < -0.3 is 9.84 Å². The highest BCUT2D eigenvalue weighted by Crippen LogP contribution is 2.32. The lowest BCUT2D eigenvalue weighted by Crippen LogP contribution is -2.20. The van der Waals surface area contributed by atoms with Crippen LogP contribution in [0.5, 0.6) is 5.75 Å². The van der Waals surface area contributed by atoms with E-state index in [-0.39, 0.29) is 28.9 Å². The van der Waals surface area contributed by atoms with Gasteiger partial charge in [0.25, 0.3) is 5.56 Å². The molecule has 1 heterocycles. The molecule has 0 aliphatic heterocycles. The average molecular weight is 622 g/mol. The zero-order chi connectivity index (χ0) is 29.1. The zero-order valence-corrected chi connectivity index (χ0v) is 22.6. The molecule has 5 rings (SSSR count). The number of aromatic carboxylic acids is 1. The Balaban J connectivity index is 1.55. The van der Waals surface area contributed by atoms with Gasteiger partial charge in [-0.25, -0.2) is 9.78 Å². The Morgan fingerprint density at radius 3 is 2.49 bits per heavy atom. The molecule has 0 spiro atoms. The van der Waals surface area contributed by atoms with E-state index in [9.17, 15) is 22.8 Å². The van der Waals surface area contributed by atoms with Crippen LogP contribution >= 0.6 is 15.9 Å². The third-order valence-corrected chi connectivity index (χ3v) is 6.57. The van der Waals surface area contributed by atoms with E-state index in [0.717, 1.165) is 22.4 Å². The molecule has 0 bridgehead atoms. The fraction of sp³-hybridized carbons (Fsp3) is 0.0667. The van der Waals surface area contributed by atoms with E-state index in [2.05, 4.69) is 26.0 Å². The van der Waals surface area contributed by atoms with Gasteiger partial charge in [0.2, 0.25) is 0 Å². The third kappa shape index (κ3) is 6.20. The van der Waals surface area contributed by atoms with Gasteiger partial charge in [-0.1, -0.05) is 52.3 Å². The summed E-state index contributed by atoms with van der Waals surface area (Å²) in [5, 5.41) is 13.7. The molecule has 0 fully saturated rings. The van der Waals surface area contributed by atoms with Crippen molar-refractivity contribution >= 4 is 39.0 Å². The molecule has 0 atom stereocenters. The Morgan fingerprint density at radius 2 is 1.76 bits per heavy atom. The fourth-order valence-corrected chi connectivity index (χ4v) is 4.41. The second-order valence-electron chi connectivity index (χ2n) is 8.87. The third-order valence-electron chi connectivity index (χ3n) is 6.08. The smallest absolute Gasteiger partial charge is 0.416 e. The number of nitrogens with zero attached hydrogens (tertiary/aromatic N) is 3. The van der Waals surface area contributed by atoms with Gasteiger partial charge in [-0.05, 0) is 60.2 Å². The van der Waals surface area contributed by atoms with Crippen LogP contribution in [0.1, 0.15) is 27.0 Å². The van der Waals surface area contributed by atoms with Gasteiger partial charge in [0.05, 0.1) is 28.2 Å². The molecule has 5 aromatic rings. The second-order valence-corrected chi connectivity index (χ2v) is 9.78. The van der Waals surface area contributed by atoms with Crippen LogP contribution in [-0.4, -0.2) is 27.0 Å². The number of carbonyl (C=O) groups is 1. The molecule has 0 amide bonds. The van der Waals surface area contributed by atoms with Crippen molar-refractivity contribution in [2.24, 2.45) is 5.10 Å². The van der Waals surface area contributed by atoms with Gasteiger partial charge in [-0.15, -0.1) is 0 Å². The lowest BCUT2D eigenvalue weighted by molar-refractivity contribution is -0.137. The number of carboxylic acids is 1. The van der Waals surface area contributed by atoms with Gasteiger partial charge >= 0.3 is 12.1 Å². The molecular weight excluding hydrogens is 603 g/mol. The van der Waals surface area contributed by atoms with E-state index in [0.29, 0.717) is 21.3 Å².